The normalized spacial score (nSPS) is 11.6. The maximum absolute atomic E-state index is 11.7. The van der Waals surface area contributed by atoms with Gasteiger partial charge in [-0.2, -0.15) is 0 Å². The molecule has 0 heterocycles. The van der Waals surface area contributed by atoms with E-state index in [2.05, 4.69) is 10.6 Å². The van der Waals surface area contributed by atoms with Crippen LogP contribution < -0.4 is 20.1 Å². The number of urea groups is 1. The van der Waals surface area contributed by atoms with E-state index in [1.807, 2.05) is 6.92 Å². The number of hydrogen-bond acceptors (Lipinski definition) is 4. The molecule has 6 nitrogen and oxygen atoms in total. The monoisotopic (exact) mass is 268 g/mol. The third kappa shape index (κ3) is 4.67. The number of rotatable bonds is 6. The summed E-state index contributed by atoms with van der Waals surface area (Å²) in [5.41, 5.74) is 0.625. The maximum Gasteiger partial charge on any atom is 0.319 e. The zero-order chi connectivity index (χ0) is 14.3. The van der Waals surface area contributed by atoms with E-state index < -0.39 is 0 Å². The minimum absolute atomic E-state index is 0.0647. The highest BCUT2D eigenvalue weighted by atomic mass is 16.5. The standard InChI is InChI=1S/C13H20N2O4/c1-9(8-17-2)14-13(16)15-10-5-6-11(18-3)12(7-10)19-4/h5-7,9H,8H2,1-4H3,(H2,14,15,16). The number of carbonyl (C=O) groups excluding carboxylic acids is 1. The van der Waals surface area contributed by atoms with Crippen molar-refractivity contribution < 1.29 is 19.0 Å². The zero-order valence-corrected chi connectivity index (χ0v) is 11.6. The number of anilines is 1. The van der Waals surface area contributed by atoms with E-state index in [-0.39, 0.29) is 12.1 Å². The van der Waals surface area contributed by atoms with Crippen molar-refractivity contribution in [3.63, 3.8) is 0 Å². The number of nitrogens with one attached hydrogen (secondary N) is 2. The van der Waals surface area contributed by atoms with Gasteiger partial charge in [-0.3, -0.25) is 0 Å². The van der Waals surface area contributed by atoms with Crippen molar-refractivity contribution in [1.82, 2.24) is 5.32 Å². The molecule has 0 aliphatic carbocycles. The van der Waals surface area contributed by atoms with E-state index >= 15 is 0 Å². The van der Waals surface area contributed by atoms with Gasteiger partial charge in [-0.15, -0.1) is 0 Å². The summed E-state index contributed by atoms with van der Waals surface area (Å²) in [6.45, 7) is 2.32. The molecule has 1 atom stereocenters. The quantitative estimate of drug-likeness (QED) is 0.826. The Labute approximate surface area is 113 Å². The number of ether oxygens (including phenoxy) is 3. The summed E-state index contributed by atoms with van der Waals surface area (Å²) >= 11 is 0. The fraction of sp³-hybridized carbons (Fsp3) is 0.462. The molecule has 0 aromatic heterocycles. The van der Waals surface area contributed by atoms with Gasteiger partial charge in [0.2, 0.25) is 0 Å². The van der Waals surface area contributed by atoms with Gasteiger partial charge >= 0.3 is 6.03 Å². The Kier molecular flexibility index (Phi) is 5.95. The second-order valence-corrected chi connectivity index (χ2v) is 4.02. The number of hydrogen-bond donors (Lipinski definition) is 2. The molecule has 0 radical (unpaired) electrons. The van der Waals surface area contributed by atoms with Crippen LogP contribution in [0, 0.1) is 0 Å². The Bertz CT molecular complexity index is 423. The van der Waals surface area contributed by atoms with Crippen LogP contribution in [0.1, 0.15) is 6.92 Å². The van der Waals surface area contributed by atoms with Gasteiger partial charge in [-0.25, -0.2) is 4.79 Å². The number of carbonyl (C=O) groups is 1. The van der Waals surface area contributed by atoms with Gasteiger partial charge in [-0.05, 0) is 19.1 Å². The average Bonchev–Trinajstić information content (AvgIpc) is 2.38. The van der Waals surface area contributed by atoms with Gasteiger partial charge in [0.15, 0.2) is 11.5 Å². The van der Waals surface area contributed by atoms with Crippen molar-refractivity contribution in [3.8, 4) is 11.5 Å². The molecule has 0 spiro atoms. The van der Waals surface area contributed by atoms with E-state index in [4.69, 9.17) is 14.2 Å². The number of benzene rings is 1. The Morgan fingerprint density at radius 1 is 1.21 bits per heavy atom. The van der Waals surface area contributed by atoms with Gasteiger partial charge < -0.3 is 24.8 Å². The van der Waals surface area contributed by atoms with Gasteiger partial charge in [0.1, 0.15) is 0 Å². The Hall–Kier alpha value is -1.95. The molecule has 106 valence electrons. The van der Waals surface area contributed by atoms with Crippen molar-refractivity contribution in [2.24, 2.45) is 0 Å². The molecule has 0 bridgehead atoms. The lowest BCUT2D eigenvalue weighted by atomic mass is 10.2. The van der Waals surface area contributed by atoms with E-state index in [1.165, 1.54) is 0 Å². The van der Waals surface area contributed by atoms with Crippen LogP contribution in [0.15, 0.2) is 18.2 Å². The molecule has 6 heteroatoms. The first kappa shape index (κ1) is 15.1. The lowest BCUT2D eigenvalue weighted by Crippen LogP contribution is -2.38. The Balaban J connectivity index is 2.64. The summed E-state index contributed by atoms with van der Waals surface area (Å²) in [4.78, 5) is 11.7. The lowest BCUT2D eigenvalue weighted by Gasteiger charge is -2.14. The van der Waals surface area contributed by atoms with Crippen LogP contribution in [-0.2, 0) is 4.74 Å². The largest absolute Gasteiger partial charge is 0.493 e. The number of methoxy groups -OCH3 is 3. The molecule has 2 amide bonds. The van der Waals surface area contributed by atoms with Crippen molar-refractivity contribution in [3.05, 3.63) is 18.2 Å². The summed E-state index contributed by atoms with van der Waals surface area (Å²) in [6, 6.07) is 4.80. The van der Waals surface area contributed by atoms with Crippen molar-refractivity contribution in [1.29, 1.82) is 0 Å². The van der Waals surface area contributed by atoms with Crippen molar-refractivity contribution >= 4 is 11.7 Å². The molecule has 2 N–H and O–H groups in total. The number of amides is 2. The van der Waals surface area contributed by atoms with Crippen LogP contribution in [0.5, 0.6) is 11.5 Å². The molecule has 0 aliphatic rings. The molecule has 0 fully saturated rings. The molecule has 0 saturated heterocycles. The minimum Gasteiger partial charge on any atom is -0.493 e. The van der Waals surface area contributed by atoms with Crippen LogP contribution >= 0.6 is 0 Å². The average molecular weight is 268 g/mol. The molecule has 1 aromatic carbocycles. The Morgan fingerprint density at radius 3 is 2.47 bits per heavy atom. The van der Waals surface area contributed by atoms with E-state index in [1.54, 1.807) is 39.5 Å². The van der Waals surface area contributed by atoms with Crippen molar-refractivity contribution in [2.75, 3.05) is 33.3 Å². The first-order valence-electron chi connectivity index (χ1n) is 5.89. The summed E-state index contributed by atoms with van der Waals surface area (Å²) < 4.78 is 15.2. The summed E-state index contributed by atoms with van der Waals surface area (Å²) in [6.07, 6.45) is 0. The van der Waals surface area contributed by atoms with Crippen molar-refractivity contribution in [2.45, 2.75) is 13.0 Å². The fourth-order valence-electron chi connectivity index (χ4n) is 1.60. The van der Waals surface area contributed by atoms with Crippen LogP contribution in [0.2, 0.25) is 0 Å². The summed E-state index contributed by atoms with van der Waals surface area (Å²) in [5.74, 6) is 1.17. The second-order valence-electron chi connectivity index (χ2n) is 4.02. The zero-order valence-electron chi connectivity index (χ0n) is 11.6. The minimum atomic E-state index is -0.295. The van der Waals surface area contributed by atoms with Gasteiger partial charge in [-0.1, -0.05) is 0 Å². The molecule has 0 saturated carbocycles. The fourth-order valence-corrected chi connectivity index (χ4v) is 1.60. The smallest absolute Gasteiger partial charge is 0.319 e. The first-order chi connectivity index (χ1) is 9.10. The summed E-state index contributed by atoms with van der Waals surface area (Å²) in [5, 5.41) is 5.46. The molecule has 0 aliphatic heterocycles. The van der Waals surface area contributed by atoms with Crippen LogP contribution in [0.4, 0.5) is 10.5 Å². The predicted molar refractivity (Wildman–Crippen MR) is 73.0 cm³/mol. The first-order valence-corrected chi connectivity index (χ1v) is 5.89. The summed E-state index contributed by atoms with van der Waals surface area (Å²) in [7, 11) is 4.69. The van der Waals surface area contributed by atoms with E-state index in [9.17, 15) is 4.79 Å². The van der Waals surface area contributed by atoms with Crippen LogP contribution in [-0.4, -0.2) is 40.0 Å². The topological polar surface area (TPSA) is 68.8 Å². The molecular weight excluding hydrogens is 248 g/mol. The Morgan fingerprint density at radius 2 is 1.89 bits per heavy atom. The highest BCUT2D eigenvalue weighted by Crippen LogP contribution is 2.29. The van der Waals surface area contributed by atoms with Crippen LogP contribution in [0.3, 0.4) is 0 Å². The predicted octanol–water partition coefficient (Wildman–Crippen LogP) is 1.86. The maximum atomic E-state index is 11.7. The van der Waals surface area contributed by atoms with E-state index in [0.29, 0.717) is 23.8 Å². The molecule has 19 heavy (non-hydrogen) atoms. The second kappa shape index (κ2) is 7.48. The van der Waals surface area contributed by atoms with Gasteiger partial charge in [0.25, 0.3) is 0 Å². The molecule has 1 aromatic rings. The van der Waals surface area contributed by atoms with Gasteiger partial charge in [0, 0.05) is 18.9 Å². The highest BCUT2D eigenvalue weighted by molar-refractivity contribution is 5.89. The third-order valence-electron chi connectivity index (χ3n) is 2.44. The molecule has 1 unspecified atom stereocenters. The van der Waals surface area contributed by atoms with Crippen LogP contribution in [0.25, 0.3) is 0 Å². The third-order valence-corrected chi connectivity index (χ3v) is 2.44. The highest BCUT2D eigenvalue weighted by Gasteiger charge is 2.09. The molecule has 1 rings (SSSR count). The SMILES string of the molecule is COCC(C)NC(=O)Nc1ccc(OC)c(OC)c1. The van der Waals surface area contributed by atoms with Gasteiger partial charge in [0.05, 0.1) is 26.9 Å². The molecular formula is C13H20N2O4. The lowest BCUT2D eigenvalue weighted by molar-refractivity contribution is 0.173. The van der Waals surface area contributed by atoms with E-state index in [0.717, 1.165) is 0 Å².